The summed E-state index contributed by atoms with van der Waals surface area (Å²) in [4.78, 5) is 40.0. The van der Waals surface area contributed by atoms with Gasteiger partial charge in [-0.15, -0.1) is 0 Å². The number of anilines is 1. The van der Waals surface area contributed by atoms with Crippen molar-refractivity contribution in [2.45, 2.75) is 52.3 Å². The molecular weight excluding hydrogens is 422 g/mol. The summed E-state index contributed by atoms with van der Waals surface area (Å²) in [6, 6.07) is 12.5. The van der Waals surface area contributed by atoms with Crippen LogP contribution in [0.1, 0.15) is 44.9 Å². The van der Waals surface area contributed by atoms with Crippen LogP contribution in [0.25, 0.3) is 0 Å². The van der Waals surface area contributed by atoms with Crippen LogP contribution in [0.2, 0.25) is 0 Å². The number of hydrogen-bond donors (Lipinski definition) is 2. The molecule has 0 aliphatic heterocycles. The summed E-state index contributed by atoms with van der Waals surface area (Å²) in [6.07, 6.45) is -0.702. The molecule has 8 nitrogen and oxygen atoms in total. The molecule has 0 radical (unpaired) electrons. The number of amides is 3. The fourth-order valence-electron chi connectivity index (χ4n) is 3.28. The first-order valence-electron chi connectivity index (χ1n) is 10.7. The molecular formula is C25H33N3O5. The van der Waals surface area contributed by atoms with E-state index in [0.717, 1.165) is 5.56 Å². The van der Waals surface area contributed by atoms with Crippen molar-refractivity contribution >= 4 is 23.6 Å². The molecule has 2 aromatic rings. The highest BCUT2D eigenvalue weighted by Gasteiger charge is 2.33. The van der Waals surface area contributed by atoms with Crippen molar-refractivity contribution in [1.82, 2.24) is 10.2 Å². The standard InChI is InChI=1S/C25H33N3O5/c1-16-10-8-9-11-20(16)21(22(29)27-18-12-14-19(32-7)15-13-18)28(6)23(30)17(2)26-24(31)33-25(3,4)5/h8-15,17,21H,1-7H3,(H,26,31)(H,27,29). The zero-order chi connectivity index (χ0) is 24.8. The number of nitrogens with one attached hydrogen (secondary N) is 2. The van der Waals surface area contributed by atoms with Crippen molar-refractivity contribution < 1.29 is 23.9 Å². The molecule has 2 N–H and O–H groups in total. The van der Waals surface area contributed by atoms with E-state index in [2.05, 4.69) is 10.6 Å². The Morgan fingerprint density at radius 1 is 1.00 bits per heavy atom. The molecule has 2 rings (SSSR count). The van der Waals surface area contributed by atoms with Crippen LogP contribution in [0, 0.1) is 6.92 Å². The van der Waals surface area contributed by atoms with Gasteiger partial charge >= 0.3 is 6.09 Å². The molecule has 0 aromatic heterocycles. The first kappa shape index (κ1) is 25.7. The van der Waals surface area contributed by atoms with Crippen molar-refractivity contribution in [3.05, 3.63) is 59.7 Å². The van der Waals surface area contributed by atoms with E-state index in [-0.39, 0.29) is 5.91 Å². The maximum Gasteiger partial charge on any atom is 0.408 e. The smallest absolute Gasteiger partial charge is 0.408 e. The summed E-state index contributed by atoms with van der Waals surface area (Å²) in [6.45, 7) is 8.65. The van der Waals surface area contributed by atoms with Crippen molar-refractivity contribution in [3.8, 4) is 5.75 Å². The van der Waals surface area contributed by atoms with E-state index >= 15 is 0 Å². The van der Waals surface area contributed by atoms with Gasteiger partial charge in [-0.25, -0.2) is 4.79 Å². The third-order valence-corrected chi connectivity index (χ3v) is 4.93. The number of ether oxygens (including phenoxy) is 2. The summed E-state index contributed by atoms with van der Waals surface area (Å²) < 4.78 is 10.4. The lowest BCUT2D eigenvalue weighted by Crippen LogP contribution is -2.49. The molecule has 3 amide bonds. The largest absolute Gasteiger partial charge is 0.497 e. The second-order valence-corrected chi connectivity index (χ2v) is 8.79. The Hall–Kier alpha value is -3.55. The van der Waals surface area contributed by atoms with E-state index in [1.54, 1.807) is 66.1 Å². The number of alkyl carbamates (subject to hydrolysis) is 1. The molecule has 8 heteroatoms. The van der Waals surface area contributed by atoms with Gasteiger partial charge in [0.15, 0.2) is 0 Å². The maximum atomic E-state index is 13.3. The van der Waals surface area contributed by atoms with E-state index in [9.17, 15) is 14.4 Å². The molecule has 0 aliphatic rings. The monoisotopic (exact) mass is 455 g/mol. The molecule has 2 unspecified atom stereocenters. The molecule has 0 fully saturated rings. The van der Waals surface area contributed by atoms with Crippen LogP contribution in [0.3, 0.4) is 0 Å². The number of methoxy groups -OCH3 is 1. The molecule has 33 heavy (non-hydrogen) atoms. The molecule has 0 aliphatic carbocycles. The highest BCUT2D eigenvalue weighted by molar-refractivity contribution is 5.99. The lowest BCUT2D eigenvalue weighted by Gasteiger charge is -2.31. The van der Waals surface area contributed by atoms with Crippen LogP contribution in [0.4, 0.5) is 10.5 Å². The predicted octanol–water partition coefficient (Wildman–Crippen LogP) is 4.06. The number of likely N-dealkylation sites (N-methyl/N-ethyl adjacent to an activating group) is 1. The van der Waals surface area contributed by atoms with E-state index < -0.39 is 29.7 Å². The molecule has 178 valence electrons. The molecule has 2 aromatic carbocycles. The van der Waals surface area contributed by atoms with Gasteiger partial charge in [0.05, 0.1) is 7.11 Å². The summed E-state index contributed by atoms with van der Waals surface area (Å²) >= 11 is 0. The third kappa shape index (κ3) is 7.24. The van der Waals surface area contributed by atoms with Crippen molar-refractivity contribution in [3.63, 3.8) is 0 Å². The maximum absolute atomic E-state index is 13.3. The number of nitrogens with zero attached hydrogens (tertiary/aromatic N) is 1. The van der Waals surface area contributed by atoms with Crippen LogP contribution in [0.15, 0.2) is 48.5 Å². The van der Waals surface area contributed by atoms with Crippen LogP contribution in [-0.4, -0.2) is 48.6 Å². The highest BCUT2D eigenvalue weighted by Crippen LogP contribution is 2.26. The zero-order valence-corrected chi connectivity index (χ0v) is 20.3. The molecule has 0 spiro atoms. The number of carbonyl (C=O) groups excluding carboxylic acids is 3. The zero-order valence-electron chi connectivity index (χ0n) is 20.3. The predicted molar refractivity (Wildman–Crippen MR) is 127 cm³/mol. The number of benzene rings is 2. The fourth-order valence-corrected chi connectivity index (χ4v) is 3.28. The summed E-state index contributed by atoms with van der Waals surface area (Å²) in [7, 11) is 3.11. The Bertz CT molecular complexity index is 982. The van der Waals surface area contributed by atoms with Crippen molar-refractivity contribution in [2.75, 3.05) is 19.5 Å². The quantitative estimate of drug-likeness (QED) is 0.656. The normalized spacial score (nSPS) is 12.8. The van der Waals surface area contributed by atoms with Crippen LogP contribution in [0.5, 0.6) is 5.75 Å². The minimum Gasteiger partial charge on any atom is -0.497 e. The second kappa shape index (κ2) is 10.8. The first-order chi connectivity index (χ1) is 15.4. The van der Waals surface area contributed by atoms with Gasteiger partial charge in [-0.05, 0) is 70.0 Å². The molecule has 0 saturated carbocycles. The highest BCUT2D eigenvalue weighted by atomic mass is 16.6. The van der Waals surface area contributed by atoms with Gasteiger partial charge in [-0.3, -0.25) is 9.59 Å². The van der Waals surface area contributed by atoms with Crippen molar-refractivity contribution in [1.29, 1.82) is 0 Å². The molecule has 2 atom stereocenters. The Morgan fingerprint density at radius 3 is 2.15 bits per heavy atom. The Kier molecular flexibility index (Phi) is 8.45. The minimum absolute atomic E-state index is 0.380. The second-order valence-electron chi connectivity index (χ2n) is 8.79. The van der Waals surface area contributed by atoms with E-state index in [0.29, 0.717) is 17.0 Å². The fraction of sp³-hybridized carbons (Fsp3) is 0.400. The van der Waals surface area contributed by atoms with Gasteiger partial charge < -0.3 is 25.0 Å². The van der Waals surface area contributed by atoms with Gasteiger partial charge in [0, 0.05) is 12.7 Å². The number of rotatable bonds is 7. The van der Waals surface area contributed by atoms with Crippen LogP contribution >= 0.6 is 0 Å². The van der Waals surface area contributed by atoms with Crippen LogP contribution < -0.4 is 15.4 Å². The summed E-state index contributed by atoms with van der Waals surface area (Å²) in [5.41, 5.74) is 1.42. The Labute approximate surface area is 195 Å². The minimum atomic E-state index is -0.913. The molecule has 0 saturated heterocycles. The van der Waals surface area contributed by atoms with E-state index in [1.165, 1.54) is 4.90 Å². The van der Waals surface area contributed by atoms with Gasteiger partial charge in [-0.2, -0.15) is 0 Å². The summed E-state index contributed by atoms with van der Waals surface area (Å²) in [5.74, 6) is -0.147. The average Bonchev–Trinajstić information content (AvgIpc) is 2.73. The molecule has 0 heterocycles. The van der Waals surface area contributed by atoms with E-state index in [4.69, 9.17) is 9.47 Å². The number of aryl methyl sites for hydroxylation is 1. The average molecular weight is 456 g/mol. The first-order valence-corrected chi connectivity index (χ1v) is 10.7. The number of carbonyl (C=O) groups is 3. The van der Waals surface area contributed by atoms with Gasteiger partial charge in [0.25, 0.3) is 5.91 Å². The van der Waals surface area contributed by atoms with Gasteiger partial charge in [0.1, 0.15) is 23.4 Å². The Balaban J connectivity index is 2.27. The van der Waals surface area contributed by atoms with Gasteiger partial charge in [-0.1, -0.05) is 24.3 Å². The lowest BCUT2D eigenvalue weighted by atomic mass is 9.98. The number of hydrogen-bond acceptors (Lipinski definition) is 5. The molecule has 0 bridgehead atoms. The summed E-state index contributed by atoms with van der Waals surface area (Å²) in [5, 5.41) is 5.41. The van der Waals surface area contributed by atoms with E-state index in [1.807, 2.05) is 31.2 Å². The van der Waals surface area contributed by atoms with Crippen molar-refractivity contribution in [2.24, 2.45) is 0 Å². The van der Waals surface area contributed by atoms with Crippen LogP contribution in [-0.2, 0) is 14.3 Å². The van der Waals surface area contributed by atoms with Gasteiger partial charge in [0.2, 0.25) is 5.91 Å². The SMILES string of the molecule is COc1ccc(NC(=O)C(c2ccccc2C)N(C)C(=O)C(C)NC(=O)OC(C)(C)C)cc1. The third-order valence-electron chi connectivity index (χ3n) is 4.93. The lowest BCUT2D eigenvalue weighted by molar-refractivity contribution is -0.138. The topological polar surface area (TPSA) is 97.0 Å². The Morgan fingerprint density at radius 2 is 1.61 bits per heavy atom.